The normalized spacial score (nSPS) is 29.7. The van der Waals surface area contributed by atoms with Crippen molar-refractivity contribution in [3.05, 3.63) is 95.6 Å². The van der Waals surface area contributed by atoms with Gasteiger partial charge in [-0.05, 0) is 36.4 Å². The van der Waals surface area contributed by atoms with Crippen LogP contribution in [0, 0.1) is 0 Å². The molecule has 4 aliphatic rings. The number of rotatable bonds is 12. The molecule has 0 bridgehead atoms. The molecule has 3 aromatic carbocycles. The van der Waals surface area contributed by atoms with Crippen molar-refractivity contribution in [3.63, 3.8) is 0 Å². The van der Waals surface area contributed by atoms with Crippen molar-refractivity contribution < 1.29 is 80.9 Å². The minimum atomic E-state index is -1.75. The van der Waals surface area contributed by atoms with Crippen LogP contribution in [0.2, 0.25) is 0 Å². The molecule has 3 saturated heterocycles. The Morgan fingerprint density at radius 3 is 1.83 bits per heavy atom. The zero-order valence-electron chi connectivity index (χ0n) is 33.2. The molecule has 0 radical (unpaired) electrons. The van der Waals surface area contributed by atoms with Crippen molar-refractivity contribution in [1.82, 2.24) is 4.90 Å². The first-order chi connectivity index (χ1) is 28.8. The maximum atomic E-state index is 14.4. The summed E-state index contributed by atoms with van der Waals surface area (Å²) in [6.07, 6.45) is -14.0. The number of carbonyl (C=O) groups excluding carboxylic acids is 6. The number of imide groups is 1. The van der Waals surface area contributed by atoms with Gasteiger partial charge < -0.3 is 52.1 Å². The first-order valence-corrected chi connectivity index (χ1v) is 19.0. The Bertz CT molecular complexity index is 2040. The van der Waals surface area contributed by atoms with Crippen molar-refractivity contribution in [1.29, 1.82) is 0 Å². The van der Waals surface area contributed by atoms with Crippen LogP contribution in [-0.4, -0.2) is 122 Å². The maximum absolute atomic E-state index is 14.4. The Morgan fingerprint density at radius 1 is 0.650 bits per heavy atom. The molecule has 60 heavy (non-hydrogen) atoms. The Morgan fingerprint density at radius 2 is 1.23 bits per heavy atom. The molecule has 0 aliphatic carbocycles. The van der Waals surface area contributed by atoms with Gasteiger partial charge in [0.15, 0.2) is 30.9 Å². The third kappa shape index (κ3) is 8.97. The van der Waals surface area contributed by atoms with Crippen LogP contribution in [-0.2, 0) is 61.8 Å². The van der Waals surface area contributed by atoms with Crippen molar-refractivity contribution in [3.8, 4) is 11.5 Å². The maximum Gasteiger partial charge on any atom is 0.303 e. The number of methoxy groups -OCH3 is 1. The van der Waals surface area contributed by atoms with Crippen LogP contribution in [0.1, 0.15) is 60.3 Å². The number of carbonyl (C=O) groups is 6. The second-order valence-corrected chi connectivity index (χ2v) is 14.2. The lowest BCUT2D eigenvalue weighted by molar-refractivity contribution is -0.376. The Labute approximate surface area is 343 Å². The van der Waals surface area contributed by atoms with Gasteiger partial charge in [0.25, 0.3) is 11.8 Å². The topological polar surface area (TPSA) is 207 Å². The molecule has 0 unspecified atom stereocenters. The zero-order chi connectivity index (χ0) is 42.7. The van der Waals surface area contributed by atoms with Crippen molar-refractivity contribution in [2.45, 2.75) is 95.3 Å². The number of hydrogen-bond acceptors (Lipinski definition) is 17. The first kappa shape index (κ1) is 42.2. The highest BCUT2D eigenvalue weighted by molar-refractivity contribution is 6.21. The molecule has 4 heterocycles. The van der Waals surface area contributed by atoms with E-state index in [1.54, 1.807) is 60.7 Å². The van der Waals surface area contributed by atoms with E-state index in [4.69, 9.17) is 52.1 Å². The summed E-state index contributed by atoms with van der Waals surface area (Å²) in [5, 5.41) is 0. The van der Waals surface area contributed by atoms with Crippen molar-refractivity contribution in [2.24, 2.45) is 0 Å². The predicted molar refractivity (Wildman–Crippen MR) is 200 cm³/mol. The fourth-order valence-corrected chi connectivity index (χ4v) is 7.58. The predicted octanol–water partition coefficient (Wildman–Crippen LogP) is 3.05. The Kier molecular flexibility index (Phi) is 12.8. The highest BCUT2D eigenvalue weighted by Crippen LogP contribution is 2.42. The lowest BCUT2D eigenvalue weighted by Gasteiger charge is -2.52. The third-order valence-corrected chi connectivity index (χ3v) is 10.1. The number of esters is 4. The van der Waals surface area contributed by atoms with Gasteiger partial charge in [-0.3, -0.25) is 33.7 Å². The van der Waals surface area contributed by atoms with E-state index in [9.17, 15) is 28.8 Å². The van der Waals surface area contributed by atoms with E-state index in [1.807, 2.05) is 6.07 Å². The van der Waals surface area contributed by atoms with Gasteiger partial charge >= 0.3 is 23.9 Å². The molecule has 3 aromatic rings. The number of benzene rings is 3. The molecule has 0 aromatic heterocycles. The fourth-order valence-electron chi connectivity index (χ4n) is 7.58. The van der Waals surface area contributed by atoms with E-state index >= 15 is 0 Å². The standard InChI is InChI=1S/C42H43NO17/c1-21(44)51-19-30-34(53-22(2)45)36(54-23(3)46)37(55-24(4)47)42(58-30)60-35-32(43-38(48)28-13-9-10-14-29(28)39(43)49)41(56-27-17-15-26(50-5)16-18-27)57-31-20-52-40(59-33(31)35)25-11-7-6-8-12-25/h6-18,30-37,40-42H,19-20H2,1-5H3/t30-,31-,32-,33-,34+,35-,36+,37-,40-,41-,42+/m1/s1. The van der Waals surface area contributed by atoms with E-state index in [0.717, 1.165) is 32.6 Å². The molecule has 11 atom stereocenters. The fraction of sp³-hybridized carbons (Fsp3) is 0.429. The lowest BCUT2D eigenvalue weighted by atomic mass is 9.93. The highest BCUT2D eigenvalue weighted by atomic mass is 16.8. The molecule has 4 aliphatic heterocycles. The minimum absolute atomic E-state index is 0.0973. The van der Waals surface area contributed by atoms with E-state index in [-0.39, 0.29) is 23.5 Å². The van der Waals surface area contributed by atoms with Crippen LogP contribution >= 0.6 is 0 Å². The van der Waals surface area contributed by atoms with E-state index in [1.165, 1.54) is 19.2 Å². The summed E-state index contributed by atoms with van der Waals surface area (Å²) in [5.41, 5.74) is 0.832. The second-order valence-electron chi connectivity index (χ2n) is 14.2. The zero-order valence-corrected chi connectivity index (χ0v) is 33.2. The lowest BCUT2D eigenvalue weighted by Crippen LogP contribution is -2.71. The molecule has 3 fully saturated rings. The third-order valence-electron chi connectivity index (χ3n) is 10.1. The van der Waals surface area contributed by atoms with Crippen LogP contribution in [0.5, 0.6) is 11.5 Å². The average molecular weight is 834 g/mol. The summed E-state index contributed by atoms with van der Waals surface area (Å²) in [7, 11) is 1.50. The summed E-state index contributed by atoms with van der Waals surface area (Å²) in [5.74, 6) is -3.90. The van der Waals surface area contributed by atoms with E-state index < -0.39 is 110 Å². The molecule has 0 N–H and O–H groups in total. The van der Waals surface area contributed by atoms with Crippen molar-refractivity contribution in [2.75, 3.05) is 20.3 Å². The molecule has 18 heteroatoms. The largest absolute Gasteiger partial charge is 0.497 e. The highest BCUT2D eigenvalue weighted by Gasteiger charge is 2.61. The smallest absolute Gasteiger partial charge is 0.303 e. The number of amides is 2. The molecular weight excluding hydrogens is 790 g/mol. The number of ether oxygens (including phenoxy) is 11. The van der Waals surface area contributed by atoms with E-state index in [0.29, 0.717) is 11.3 Å². The quantitative estimate of drug-likeness (QED) is 0.146. The van der Waals surface area contributed by atoms with Crippen LogP contribution in [0.3, 0.4) is 0 Å². The Balaban J connectivity index is 1.36. The summed E-state index contributed by atoms with van der Waals surface area (Å²) in [6, 6.07) is 20.2. The molecule has 318 valence electrons. The van der Waals surface area contributed by atoms with Crippen LogP contribution in [0.15, 0.2) is 78.9 Å². The second kappa shape index (κ2) is 18.1. The average Bonchev–Trinajstić information content (AvgIpc) is 3.47. The minimum Gasteiger partial charge on any atom is -0.497 e. The van der Waals surface area contributed by atoms with Gasteiger partial charge in [0, 0.05) is 33.3 Å². The van der Waals surface area contributed by atoms with Gasteiger partial charge in [0.2, 0.25) is 6.29 Å². The Hall–Kier alpha value is -5.92. The molecule has 0 spiro atoms. The van der Waals surface area contributed by atoms with E-state index in [2.05, 4.69) is 0 Å². The number of nitrogens with zero attached hydrogens (tertiary/aromatic N) is 1. The number of hydrogen-bond donors (Lipinski definition) is 0. The molecule has 2 amide bonds. The first-order valence-electron chi connectivity index (χ1n) is 19.0. The van der Waals surface area contributed by atoms with Crippen LogP contribution < -0.4 is 9.47 Å². The van der Waals surface area contributed by atoms with Gasteiger partial charge in [-0.2, -0.15) is 0 Å². The SMILES string of the molecule is COc1ccc(O[C@@H]2O[C@@H]3CO[C@@H](c4ccccc4)O[C@H]3[C@H](O[C@@H]3O[C@H](COC(C)=O)[C@H](OC(C)=O)[C@H](OC(C)=O)[C@H]3OC(C)=O)[C@H]2N2C(=O)c3ccccc3C2=O)cc1. The van der Waals surface area contributed by atoms with Gasteiger partial charge in [0.1, 0.15) is 48.6 Å². The molecule has 0 saturated carbocycles. The molecule has 7 rings (SSSR count). The van der Waals surface area contributed by atoms with Crippen LogP contribution in [0.4, 0.5) is 0 Å². The summed E-state index contributed by atoms with van der Waals surface area (Å²) in [6.45, 7) is 3.78. The number of fused-ring (bicyclic) bond motifs is 2. The molecule has 18 nitrogen and oxygen atoms in total. The van der Waals surface area contributed by atoms with Gasteiger partial charge in [-0.15, -0.1) is 0 Å². The monoisotopic (exact) mass is 833 g/mol. The summed E-state index contributed by atoms with van der Waals surface area (Å²) in [4.78, 5) is 79.7. The van der Waals surface area contributed by atoms with Gasteiger partial charge in [-0.1, -0.05) is 42.5 Å². The molecular formula is C42H43NO17. The summed E-state index contributed by atoms with van der Waals surface area (Å²) < 4.78 is 66.4. The van der Waals surface area contributed by atoms with Crippen molar-refractivity contribution >= 4 is 35.7 Å². The summed E-state index contributed by atoms with van der Waals surface area (Å²) >= 11 is 0. The van der Waals surface area contributed by atoms with Gasteiger partial charge in [-0.25, -0.2) is 0 Å². The van der Waals surface area contributed by atoms with Crippen LogP contribution in [0.25, 0.3) is 0 Å². The van der Waals surface area contributed by atoms with Gasteiger partial charge in [0.05, 0.1) is 24.8 Å².